The van der Waals surface area contributed by atoms with Crippen LogP contribution >= 0.6 is 0 Å². The molecule has 1 spiro atoms. The number of aryl methyl sites for hydroxylation is 2. The number of aromatic nitrogens is 2. The van der Waals surface area contributed by atoms with Crippen molar-refractivity contribution in [1.29, 1.82) is 0 Å². The van der Waals surface area contributed by atoms with E-state index in [2.05, 4.69) is 5.10 Å². The van der Waals surface area contributed by atoms with Crippen LogP contribution in [0.2, 0.25) is 0 Å². The molecule has 7 heteroatoms. The van der Waals surface area contributed by atoms with Crippen molar-refractivity contribution < 1.29 is 13.5 Å². The minimum absolute atomic E-state index is 0.311. The van der Waals surface area contributed by atoms with E-state index in [0.29, 0.717) is 29.2 Å². The van der Waals surface area contributed by atoms with Gasteiger partial charge >= 0.3 is 0 Å². The predicted octanol–water partition coefficient (Wildman–Crippen LogP) is 1.11. The van der Waals surface area contributed by atoms with E-state index in [0.717, 1.165) is 25.7 Å². The third-order valence-electron chi connectivity index (χ3n) is 5.18. The quantitative estimate of drug-likeness (QED) is 0.887. The van der Waals surface area contributed by atoms with Gasteiger partial charge in [-0.1, -0.05) is 12.8 Å². The normalized spacial score (nSPS) is 26.0. The lowest BCUT2D eigenvalue weighted by atomic mass is 9.93. The summed E-state index contributed by atoms with van der Waals surface area (Å²) in [7, 11) is -1.86. The smallest absolute Gasteiger partial charge is 0.247 e. The molecule has 2 heterocycles. The highest BCUT2D eigenvalue weighted by molar-refractivity contribution is 7.89. The van der Waals surface area contributed by atoms with Crippen molar-refractivity contribution in [3.63, 3.8) is 0 Å². The zero-order valence-electron chi connectivity index (χ0n) is 12.8. The van der Waals surface area contributed by atoms with E-state index >= 15 is 0 Å². The standard InChI is InChI=1S/C14H23N3O3S/c1-10-13(11(2)16(3)15-10)21(19,20)17-9-6-12(18)14(17)7-4-5-8-14/h12,18H,4-9H2,1-3H3/t12-/m1/s1. The fourth-order valence-corrected chi connectivity index (χ4v) is 6.33. The number of hydrogen-bond donors (Lipinski definition) is 1. The SMILES string of the molecule is Cc1nn(C)c(C)c1S(=O)(=O)N1CC[C@@H](O)C12CCCC2. The molecule has 2 fully saturated rings. The summed E-state index contributed by atoms with van der Waals surface area (Å²) >= 11 is 0. The Hall–Kier alpha value is -0.920. The average Bonchev–Trinajstić information content (AvgIpc) is 3.05. The molecule has 1 aliphatic carbocycles. The second-order valence-corrected chi connectivity index (χ2v) is 8.12. The first kappa shape index (κ1) is 15.0. The lowest BCUT2D eigenvalue weighted by molar-refractivity contribution is 0.0687. The van der Waals surface area contributed by atoms with Crippen LogP contribution in [0, 0.1) is 13.8 Å². The molecule has 1 atom stereocenters. The molecule has 1 N–H and O–H groups in total. The molecular formula is C14H23N3O3S. The van der Waals surface area contributed by atoms with Crippen LogP contribution in [0.1, 0.15) is 43.5 Å². The summed E-state index contributed by atoms with van der Waals surface area (Å²) in [5.41, 5.74) is 0.597. The van der Waals surface area contributed by atoms with Crippen LogP contribution in [0.5, 0.6) is 0 Å². The Bertz CT molecular complexity index is 659. The van der Waals surface area contributed by atoms with Crippen molar-refractivity contribution in [2.45, 2.75) is 62.5 Å². The van der Waals surface area contributed by atoms with Crippen LogP contribution in [0.3, 0.4) is 0 Å². The topological polar surface area (TPSA) is 75.4 Å². The molecule has 0 radical (unpaired) electrons. The molecule has 1 saturated heterocycles. The molecule has 1 aromatic heterocycles. The minimum Gasteiger partial charge on any atom is -0.391 e. The van der Waals surface area contributed by atoms with Crippen LogP contribution in [0.25, 0.3) is 0 Å². The monoisotopic (exact) mass is 313 g/mol. The van der Waals surface area contributed by atoms with Crippen molar-refractivity contribution in [1.82, 2.24) is 14.1 Å². The van der Waals surface area contributed by atoms with Gasteiger partial charge in [0.15, 0.2) is 0 Å². The molecule has 1 saturated carbocycles. The van der Waals surface area contributed by atoms with Crippen molar-refractivity contribution >= 4 is 10.0 Å². The van der Waals surface area contributed by atoms with E-state index in [1.54, 1.807) is 29.9 Å². The third-order valence-corrected chi connectivity index (χ3v) is 7.42. The van der Waals surface area contributed by atoms with Crippen LogP contribution in [0.4, 0.5) is 0 Å². The predicted molar refractivity (Wildman–Crippen MR) is 78.4 cm³/mol. The van der Waals surface area contributed by atoms with Crippen LogP contribution in [-0.2, 0) is 17.1 Å². The fraction of sp³-hybridized carbons (Fsp3) is 0.786. The molecule has 2 aliphatic rings. The molecule has 3 rings (SSSR count). The van der Waals surface area contributed by atoms with Gasteiger partial charge in [-0.05, 0) is 33.1 Å². The third kappa shape index (κ3) is 1.98. The maximum Gasteiger partial charge on any atom is 0.247 e. The number of nitrogens with zero attached hydrogens (tertiary/aromatic N) is 3. The zero-order chi connectivity index (χ0) is 15.4. The maximum absolute atomic E-state index is 13.2. The summed E-state index contributed by atoms with van der Waals surface area (Å²) in [6.07, 6.45) is 3.45. The first-order valence-electron chi connectivity index (χ1n) is 7.52. The summed E-state index contributed by atoms with van der Waals surface area (Å²) in [4.78, 5) is 0.311. The van der Waals surface area contributed by atoms with Gasteiger partial charge in [-0.15, -0.1) is 0 Å². The summed E-state index contributed by atoms with van der Waals surface area (Å²) in [5, 5.41) is 14.6. The van der Waals surface area contributed by atoms with Crippen LogP contribution in [0.15, 0.2) is 4.90 Å². The Balaban J connectivity index is 2.10. The largest absolute Gasteiger partial charge is 0.391 e. The number of aliphatic hydroxyl groups excluding tert-OH is 1. The van der Waals surface area contributed by atoms with E-state index in [9.17, 15) is 13.5 Å². The average molecular weight is 313 g/mol. The van der Waals surface area contributed by atoms with E-state index < -0.39 is 21.7 Å². The Labute approximate surface area is 125 Å². The summed E-state index contributed by atoms with van der Waals surface area (Å²) in [5.74, 6) is 0. The first-order chi connectivity index (χ1) is 9.80. The summed E-state index contributed by atoms with van der Waals surface area (Å²) < 4.78 is 29.5. The highest BCUT2D eigenvalue weighted by atomic mass is 32.2. The Morgan fingerprint density at radius 2 is 1.90 bits per heavy atom. The first-order valence-corrected chi connectivity index (χ1v) is 8.96. The van der Waals surface area contributed by atoms with E-state index in [4.69, 9.17) is 0 Å². The van der Waals surface area contributed by atoms with Gasteiger partial charge in [0.05, 0.1) is 23.0 Å². The van der Waals surface area contributed by atoms with Crippen LogP contribution in [-0.4, -0.2) is 45.8 Å². The van der Waals surface area contributed by atoms with Gasteiger partial charge in [0, 0.05) is 13.6 Å². The van der Waals surface area contributed by atoms with E-state index in [1.165, 1.54) is 0 Å². The van der Waals surface area contributed by atoms with Gasteiger partial charge in [0.2, 0.25) is 10.0 Å². The van der Waals surface area contributed by atoms with Gasteiger partial charge in [0.1, 0.15) is 4.90 Å². The highest BCUT2D eigenvalue weighted by Crippen LogP contribution is 2.46. The number of rotatable bonds is 2. The van der Waals surface area contributed by atoms with Gasteiger partial charge < -0.3 is 5.11 Å². The molecule has 1 aromatic rings. The molecule has 1 aliphatic heterocycles. The lowest BCUT2D eigenvalue weighted by Crippen LogP contribution is -2.50. The van der Waals surface area contributed by atoms with E-state index in [-0.39, 0.29) is 0 Å². The maximum atomic E-state index is 13.2. The molecule has 0 amide bonds. The van der Waals surface area contributed by atoms with Gasteiger partial charge in [0.25, 0.3) is 0 Å². The molecule has 0 bridgehead atoms. The number of hydrogen-bond acceptors (Lipinski definition) is 4. The lowest BCUT2D eigenvalue weighted by Gasteiger charge is -2.36. The molecule has 118 valence electrons. The fourth-order valence-electron chi connectivity index (χ4n) is 4.06. The van der Waals surface area contributed by atoms with Crippen LogP contribution < -0.4 is 0 Å². The zero-order valence-corrected chi connectivity index (χ0v) is 13.7. The minimum atomic E-state index is -3.61. The summed E-state index contributed by atoms with van der Waals surface area (Å²) in [6.45, 7) is 3.91. The van der Waals surface area contributed by atoms with Crippen molar-refractivity contribution in [3.8, 4) is 0 Å². The second-order valence-electron chi connectivity index (χ2n) is 6.32. The van der Waals surface area contributed by atoms with Crippen molar-refractivity contribution in [3.05, 3.63) is 11.4 Å². The molecule has 0 aromatic carbocycles. The second kappa shape index (κ2) is 4.79. The Morgan fingerprint density at radius 1 is 1.29 bits per heavy atom. The van der Waals surface area contributed by atoms with Gasteiger partial charge in [-0.3, -0.25) is 4.68 Å². The van der Waals surface area contributed by atoms with Crippen molar-refractivity contribution in [2.75, 3.05) is 6.54 Å². The van der Waals surface area contributed by atoms with Gasteiger partial charge in [-0.2, -0.15) is 9.40 Å². The van der Waals surface area contributed by atoms with Crippen molar-refractivity contribution in [2.24, 2.45) is 7.05 Å². The van der Waals surface area contributed by atoms with E-state index in [1.807, 2.05) is 0 Å². The number of sulfonamides is 1. The molecular weight excluding hydrogens is 290 g/mol. The van der Waals surface area contributed by atoms with Gasteiger partial charge in [-0.25, -0.2) is 8.42 Å². The Kier molecular flexibility index (Phi) is 3.42. The Morgan fingerprint density at radius 3 is 2.43 bits per heavy atom. The summed E-state index contributed by atoms with van der Waals surface area (Å²) in [6, 6.07) is 0. The highest BCUT2D eigenvalue weighted by Gasteiger charge is 2.55. The molecule has 6 nitrogen and oxygen atoms in total. The molecule has 0 unspecified atom stereocenters. The number of aliphatic hydroxyl groups is 1. The molecule has 21 heavy (non-hydrogen) atoms.